The summed E-state index contributed by atoms with van der Waals surface area (Å²) in [4.78, 5) is 3.44. The first-order chi connectivity index (χ1) is 8.81. The molecule has 0 unspecified atom stereocenters. The summed E-state index contributed by atoms with van der Waals surface area (Å²) in [6.45, 7) is 0. The monoisotopic (exact) mass is 365 g/mol. The highest BCUT2D eigenvalue weighted by atomic mass is 127. The van der Waals surface area contributed by atoms with Crippen LogP contribution < -0.4 is 0 Å². The molecule has 1 aromatic heterocycles. The number of H-pyrrole nitrogens is 1. The summed E-state index contributed by atoms with van der Waals surface area (Å²) in [6, 6.07) is 19.3. The number of benzene rings is 2. The minimum Gasteiger partial charge on any atom is -0.350 e. The lowest BCUT2D eigenvalue weighted by atomic mass is 10.2. The predicted octanol–water partition coefficient (Wildman–Crippen LogP) is 5.06. The second-order valence-electron chi connectivity index (χ2n) is 4.14. The van der Waals surface area contributed by atoms with Gasteiger partial charge in [-0.3, -0.25) is 0 Å². The fourth-order valence-corrected chi connectivity index (χ4v) is 3.13. The summed E-state index contributed by atoms with van der Waals surface area (Å²) < 4.78 is 1.28. The van der Waals surface area contributed by atoms with Crippen LogP contribution in [0, 0.1) is 3.57 Å². The first-order valence-electron chi connectivity index (χ1n) is 5.76. The van der Waals surface area contributed by atoms with Gasteiger partial charge in [-0.15, -0.1) is 11.8 Å². The topological polar surface area (TPSA) is 15.8 Å². The maximum absolute atomic E-state index is 3.44. The number of halogens is 1. The Kier molecular flexibility index (Phi) is 3.61. The molecule has 0 saturated heterocycles. The van der Waals surface area contributed by atoms with Gasteiger partial charge in [0.15, 0.2) is 0 Å². The van der Waals surface area contributed by atoms with E-state index in [1.54, 1.807) is 0 Å². The molecule has 0 amide bonds. The molecule has 0 spiro atoms. The highest BCUT2D eigenvalue weighted by molar-refractivity contribution is 14.1. The molecular weight excluding hydrogens is 353 g/mol. The molecule has 3 heteroatoms. The van der Waals surface area contributed by atoms with Crippen LogP contribution in [0.2, 0.25) is 0 Å². The molecule has 0 aliphatic heterocycles. The normalized spacial score (nSPS) is 10.9. The van der Waals surface area contributed by atoms with Crippen molar-refractivity contribution in [2.24, 2.45) is 0 Å². The second-order valence-corrected chi connectivity index (χ2v) is 6.40. The summed E-state index contributed by atoms with van der Waals surface area (Å²) in [6.07, 6.45) is 0. The molecule has 0 atom stereocenters. The van der Waals surface area contributed by atoms with E-state index in [9.17, 15) is 0 Å². The third kappa shape index (κ3) is 2.72. The summed E-state index contributed by atoms with van der Waals surface area (Å²) in [7, 11) is 0. The number of fused-ring (bicyclic) bond motifs is 1. The van der Waals surface area contributed by atoms with Gasteiger partial charge in [0, 0.05) is 20.2 Å². The summed E-state index contributed by atoms with van der Waals surface area (Å²) in [5, 5.41) is 2.51. The van der Waals surface area contributed by atoms with Crippen LogP contribution in [0.1, 0.15) is 5.56 Å². The first-order valence-corrected chi connectivity index (χ1v) is 7.83. The zero-order valence-electron chi connectivity index (χ0n) is 9.69. The van der Waals surface area contributed by atoms with Crippen molar-refractivity contribution in [2.75, 3.05) is 0 Å². The van der Waals surface area contributed by atoms with Crippen LogP contribution in [0.15, 0.2) is 59.6 Å². The van der Waals surface area contributed by atoms with Crippen molar-refractivity contribution in [3.63, 3.8) is 0 Å². The van der Waals surface area contributed by atoms with Gasteiger partial charge in [-0.25, -0.2) is 0 Å². The molecule has 1 heterocycles. The third-order valence-electron chi connectivity index (χ3n) is 2.81. The molecule has 0 bridgehead atoms. The number of aromatic amines is 1. The van der Waals surface area contributed by atoms with E-state index < -0.39 is 0 Å². The van der Waals surface area contributed by atoms with E-state index in [4.69, 9.17) is 0 Å². The quantitative estimate of drug-likeness (QED) is 0.507. The Bertz CT molecular complexity index is 625. The largest absolute Gasteiger partial charge is 0.350 e. The third-order valence-corrected chi connectivity index (χ3v) is 4.54. The molecule has 2 aromatic carbocycles. The van der Waals surface area contributed by atoms with Gasteiger partial charge in [0.25, 0.3) is 0 Å². The number of aromatic nitrogens is 1. The Morgan fingerprint density at radius 2 is 1.78 bits per heavy atom. The van der Waals surface area contributed by atoms with Gasteiger partial charge in [-0.1, -0.05) is 30.3 Å². The van der Waals surface area contributed by atoms with Crippen LogP contribution in [-0.2, 0) is 5.75 Å². The smallest absolute Gasteiger partial charge is 0.0735 e. The Morgan fingerprint density at radius 1 is 1.00 bits per heavy atom. The first kappa shape index (κ1) is 12.1. The maximum Gasteiger partial charge on any atom is 0.0735 e. The molecule has 0 radical (unpaired) electrons. The van der Waals surface area contributed by atoms with Crippen LogP contribution in [0.25, 0.3) is 10.9 Å². The van der Waals surface area contributed by atoms with E-state index in [1.807, 2.05) is 11.8 Å². The number of hydrogen-bond acceptors (Lipinski definition) is 1. The minimum absolute atomic E-state index is 1.00. The molecule has 1 nitrogen and oxygen atoms in total. The Morgan fingerprint density at radius 3 is 2.56 bits per heavy atom. The Balaban J connectivity index is 1.74. The summed E-state index contributed by atoms with van der Waals surface area (Å²) in [5.41, 5.74) is 2.57. The van der Waals surface area contributed by atoms with Crippen LogP contribution >= 0.6 is 34.4 Å². The molecule has 0 aliphatic carbocycles. The van der Waals surface area contributed by atoms with Crippen molar-refractivity contribution in [1.82, 2.24) is 4.98 Å². The zero-order valence-corrected chi connectivity index (χ0v) is 12.7. The minimum atomic E-state index is 1.00. The highest BCUT2D eigenvalue weighted by Gasteiger charge is 2.01. The standard InChI is InChI=1S/C15H12INS/c16-13-7-5-11(6-8-13)10-18-15-9-12-3-1-2-4-14(12)17-15/h1-9,17H,10H2. The number of rotatable bonds is 3. The van der Waals surface area contributed by atoms with Crippen molar-refractivity contribution < 1.29 is 0 Å². The van der Waals surface area contributed by atoms with Crippen molar-refractivity contribution >= 4 is 45.3 Å². The Hall–Kier alpha value is -0.940. The zero-order chi connectivity index (χ0) is 12.4. The van der Waals surface area contributed by atoms with Gasteiger partial charge >= 0.3 is 0 Å². The van der Waals surface area contributed by atoms with Crippen LogP contribution in [0.5, 0.6) is 0 Å². The van der Waals surface area contributed by atoms with Crippen LogP contribution in [-0.4, -0.2) is 4.98 Å². The second kappa shape index (κ2) is 5.36. The van der Waals surface area contributed by atoms with Crippen molar-refractivity contribution in [3.8, 4) is 0 Å². The van der Waals surface area contributed by atoms with Crippen molar-refractivity contribution in [2.45, 2.75) is 10.8 Å². The fourth-order valence-electron chi connectivity index (χ4n) is 1.87. The van der Waals surface area contributed by atoms with Gasteiger partial charge in [0.2, 0.25) is 0 Å². The maximum atomic E-state index is 3.44. The molecule has 0 aliphatic rings. The van der Waals surface area contributed by atoms with Gasteiger partial charge < -0.3 is 4.98 Å². The lowest BCUT2D eigenvalue weighted by Gasteiger charge is -1.99. The molecule has 90 valence electrons. The van der Waals surface area contributed by atoms with Crippen molar-refractivity contribution in [1.29, 1.82) is 0 Å². The summed E-state index contributed by atoms with van der Waals surface area (Å²) >= 11 is 4.18. The van der Waals surface area contributed by atoms with Crippen LogP contribution in [0.4, 0.5) is 0 Å². The van der Waals surface area contributed by atoms with E-state index in [1.165, 1.54) is 25.1 Å². The van der Waals surface area contributed by atoms with E-state index in [-0.39, 0.29) is 0 Å². The van der Waals surface area contributed by atoms with Gasteiger partial charge in [-0.05, 0) is 52.4 Å². The number of thioether (sulfide) groups is 1. The highest BCUT2D eigenvalue weighted by Crippen LogP contribution is 2.26. The molecule has 3 aromatic rings. The van der Waals surface area contributed by atoms with Gasteiger partial charge in [0.05, 0.1) is 5.03 Å². The average molecular weight is 365 g/mol. The molecule has 18 heavy (non-hydrogen) atoms. The van der Waals surface area contributed by atoms with E-state index in [0.29, 0.717) is 0 Å². The SMILES string of the molecule is Ic1ccc(CSc2cc3ccccc3[nH]2)cc1. The van der Waals surface area contributed by atoms with Gasteiger partial charge in [0.1, 0.15) is 0 Å². The number of hydrogen-bond donors (Lipinski definition) is 1. The Labute approximate surface area is 124 Å². The van der Waals surface area contributed by atoms with Crippen LogP contribution in [0.3, 0.4) is 0 Å². The van der Waals surface area contributed by atoms with E-state index >= 15 is 0 Å². The molecular formula is C15H12INS. The van der Waals surface area contributed by atoms with Gasteiger partial charge in [-0.2, -0.15) is 0 Å². The fraction of sp³-hybridized carbons (Fsp3) is 0.0667. The molecule has 0 saturated carbocycles. The molecule has 0 fully saturated rings. The number of para-hydroxylation sites is 1. The lowest BCUT2D eigenvalue weighted by Crippen LogP contribution is -1.80. The molecule has 1 N–H and O–H groups in total. The molecule has 3 rings (SSSR count). The average Bonchev–Trinajstić information content (AvgIpc) is 2.81. The number of nitrogens with one attached hydrogen (secondary N) is 1. The predicted molar refractivity (Wildman–Crippen MR) is 87.0 cm³/mol. The lowest BCUT2D eigenvalue weighted by molar-refractivity contribution is 1.23. The van der Waals surface area contributed by atoms with E-state index in [0.717, 1.165) is 5.75 Å². The van der Waals surface area contributed by atoms with E-state index in [2.05, 4.69) is 82.2 Å². The van der Waals surface area contributed by atoms with Crippen molar-refractivity contribution in [3.05, 3.63) is 63.7 Å². The summed E-state index contributed by atoms with van der Waals surface area (Å²) in [5.74, 6) is 1.00.